The summed E-state index contributed by atoms with van der Waals surface area (Å²) in [6.45, 7) is 2.96. The first-order valence-corrected chi connectivity index (χ1v) is 11.9. The number of ether oxygens (including phenoxy) is 2. The van der Waals surface area contributed by atoms with Gasteiger partial charge in [-0.1, -0.05) is 0 Å². The van der Waals surface area contributed by atoms with Gasteiger partial charge in [-0.3, -0.25) is 0 Å². The Labute approximate surface area is 188 Å². The number of fused-ring (bicyclic) bond motifs is 3. The van der Waals surface area contributed by atoms with E-state index >= 15 is 0 Å². The van der Waals surface area contributed by atoms with Crippen molar-refractivity contribution in [2.45, 2.75) is 50.5 Å². The predicted octanol–water partition coefficient (Wildman–Crippen LogP) is 4.01. The Kier molecular flexibility index (Phi) is 6.25. The third-order valence-corrected chi connectivity index (χ3v) is 7.04. The first-order chi connectivity index (χ1) is 15.1. The molecule has 4 heterocycles. The van der Waals surface area contributed by atoms with Gasteiger partial charge in [-0.2, -0.15) is 9.97 Å². The van der Waals surface area contributed by atoms with Crippen molar-refractivity contribution in [3.05, 3.63) is 22.4 Å². The van der Waals surface area contributed by atoms with Crippen LogP contribution < -0.4 is 15.0 Å². The highest BCUT2D eigenvalue weighted by Crippen LogP contribution is 2.35. The van der Waals surface area contributed by atoms with Crippen LogP contribution >= 0.6 is 15.9 Å². The standard InChI is InChI=1S/C22H27BrF2N4O2/c23-18-6-5-17-20(19(18)25)27-22(30-12-13-2-1-7-26-9-14(24)8-13)28-21(17)29-10-15-3-4-16(11-29)31-15/h5-6,13-16,26H,1-4,7-12H2/t13-,14-,15?,16?/m1/s1. The number of nitrogens with one attached hydrogen (secondary N) is 1. The summed E-state index contributed by atoms with van der Waals surface area (Å²) in [4.78, 5) is 11.2. The number of nitrogens with zero attached hydrogens (tertiary/aromatic N) is 3. The van der Waals surface area contributed by atoms with Crippen molar-refractivity contribution in [2.24, 2.45) is 5.92 Å². The molecule has 3 fully saturated rings. The van der Waals surface area contributed by atoms with E-state index < -0.39 is 12.0 Å². The highest BCUT2D eigenvalue weighted by atomic mass is 79.9. The first kappa shape index (κ1) is 21.3. The van der Waals surface area contributed by atoms with Gasteiger partial charge >= 0.3 is 6.01 Å². The Hall–Kier alpha value is -1.58. The third kappa shape index (κ3) is 4.64. The molecular formula is C22H27BrF2N4O2. The smallest absolute Gasteiger partial charge is 0.319 e. The molecule has 6 nitrogen and oxygen atoms in total. The maximum absolute atomic E-state index is 14.9. The summed E-state index contributed by atoms with van der Waals surface area (Å²) in [6.07, 6.45) is 3.84. The number of halogens is 3. The molecule has 5 rings (SSSR count). The van der Waals surface area contributed by atoms with Gasteiger partial charge < -0.3 is 19.7 Å². The lowest BCUT2D eigenvalue weighted by molar-refractivity contribution is 0.0302. The van der Waals surface area contributed by atoms with Crippen LogP contribution in [0.5, 0.6) is 6.01 Å². The number of benzene rings is 1. The predicted molar refractivity (Wildman–Crippen MR) is 118 cm³/mol. The SMILES string of the molecule is Fc1c(Br)ccc2c(N3CC4CCC(C3)O4)nc(OC[C@@H]3CCCNC[C@H](F)C3)nc12. The van der Waals surface area contributed by atoms with E-state index in [1.54, 1.807) is 6.07 Å². The molecular weight excluding hydrogens is 470 g/mol. The van der Waals surface area contributed by atoms with E-state index in [1.165, 1.54) is 0 Å². The number of rotatable bonds is 4. The molecule has 0 amide bonds. The van der Waals surface area contributed by atoms with E-state index in [0.29, 0.717) is 35.2 Å². The minimum absolute atomic E-state index is 0.0893. The van der Waals surface area contributed by atoms with E-state index in [1.807, 2.05) is 6.07 Å². The largest absolute Gasteiger partial charge is 0.463 e. The van der Waals surface area contributed by atoms with Gasteiger partial charge in [0.25, 0.3) is 0 Å². The maximum Gasteiger partial charge on any atom is 0.319 e. The molecule has 0 radical (unpaired) electrons. The Morgan fingerprint density at radius 2 is 2.00 bits per heavy atom. The second-order valence-corrected chi connectivity index (χ2v) is 9.66. The summed E-state index contributed by atoms with van der Waals surface area (Å²) in [5.41, 5.74) is 0.235. The second kappa shape index (κ2) is 9.11. The first-order valence-electron chi connectivity index (χ1n) is 11.1. The van der Waals surface area contributed by atoms with Crippen LogP contribution in [0.4, 0.5) is 14.6 Å². The van der Waals surface area contributed by atoms with Crippen molar-refractivity contribution in [1.82, 2.24) is 15.3 Å². The lowest BCUT2D eigenvalue weighted by Gasteiger charge is -2.33. The molecule has 31 heavy (non-hydrogen) atoms. The molecule has 2 aromatic rings. The molecule has 4 atom stereocenters. The summed E-state index contributed by atoms with van der Waals surface area (Å²) in [5, 5.41) is 3.78. The molecule has 1 aromatic heterocycles. The van der Waals surface area contributed by atoms with E-state index in [0.717, 1.165) is 45.3 Å². The van der Waals surface area contributed by atoms with E-state index in [2.05, 4.69) is 36.1 Å². The monoisotopic (exact) mass is 496 g/mol. The quantitative estimate of drug-likeness (QED) is 0.689. The normalized spacial score (nSPS) is 29.1. The van der Waals surface area contributed by atoms with Gasteiger partial charge in [0, 0.05) is 25.0 Å². The molecule has 0 spiro atoms. The van der Waals surface area contributed by atoms with E-state index in [9.17, 15) is 8.78 Å². The van der Waals surface area contributed by atoms with Gasteiger partial charge in [0.15, 0.2) is 5.82 Å². The van der Waals surface area contributed by atoms with Crippen molar-refractivity contribution in [1.29, 1.82) is 0 Å². The number of anilines is 1. The highest BCUT2D eigenvalue weighted by molar-refractivity contribution is 9.10. The summed E-state index contributed by atoms with van der Waals surface area (Å²) in [7, 11) is 0. The van der Waals surface area contributed by atoms with Crippen molar-refractivity contribution >= 4 is 32.7 Å². The van der Waals surface area contributed by atoms with Crippen LogP contribution in [0.2, 0.25) is 0 Å². The summed E-state index contributed by atoms with van der Waals surface area (Å²) in [6, 6.07) is 3.67. The lowest BCUT2D eigenvalue weighted by atomic mass is 9.96. The Balaban J connectivity index is 1.43. The molecule has 168 valence electrons. The molecule has 1 aromatic carbocycles. The number of hydrogen-bond acceptors (Lipinski definition) is 6. The zero-order chi connectivity index (χ0) is 21.4. The molecule has 9 heteroatoms. The number of alkyl halides is 1. The number of morpholine rings is 1. The fourth-order valence-electron chi connectivity index (χ4n) is 4.88. The molecule has 1 N–H and O–H groups in total. The summed E-state index contributed by atoms with van der Waals surface area (Å²) in [5.74, 6) is 0.339. The number of hydrogen-bond donors (Lipinski definition) is 1. The van der Waals surface area contributed by atoms with Crippen molar-refractivity contribution in [2.75, 3.05) is 37.7 Å². The van der Waals surface area contributed by atoms with Crippen molar-refractivity contribution in [3.63, 3.8) is 0 Å². The van der Waals surface area contributed by atoms with Crippen molar-refractivity contribution in [3.8, 4) is 6.01 Å². The van der Waals surface area contributed by atoms with Crippen LogP contribution in [0, 0.1) is 11.7 Å². The van der Waals surface area contributed by atoms with Gasteiger partial charge in [-0.25, -0.2) is 8.78 Å². The molecule has 2 bridgehead atoms. The van der Waals surface area contributed by atoms with Crippen molar-refractivity contribution < 1.29 is 18.3 Å². The lowest BCUT2D eigenvalue weighted by Crippen LogP contribution is -2.43. The summed E-state index contributed by atoms with van der Waals surface area (Å²) < 4.78 is 41.3. The highest BCUT2D eigenvalue weighted by Gasteiger charge is 2.35. The topological polar surface area (TPSA) is 59.5 Å². The molecule has 3 aliphatic heterocycles. The van der Waals surface area contributed by atoms with E-state index in [4.69, 9.17) is 9.47 Å². The van der Waals surface area contributed by atoms with Crippen LogP contribution in [0.15, 0.2) is 16.6 Å². The van der Waals surface area contributed by atoms with Gasteiger partial charge in [0.2, 0.25) is 0 Å². The molecule has 2 unspecified atom stereocenters. The van der Waals surface area contributed by atoms with Gasteiger partial charge in [-0.15, -0.1) is 0 Å². The van der Waals surface area contributed by atoms with Gasteiger partial charge in [-0.05, 0) is 72.6 Å². The zero-order valence-corrected chi connectivity index (χ0v) is 18.9. The fourth-order valence-corrected chi connectivity index (χ4v) is 5.20. The fraction of sp³-hybridized carbons (Fsp3) is 0.636. The second-order valence-electron chi connectivity index (χ2n) is 8.81. The van der Waals surface area contributed by atoms with Crippen LogP contribution in [0.1, 0.15) is 32.1 Å². The minimum Gasteiger partial charge on any atom is -0.463 e. The molecule has 3 saturated heterocycles. The molecule has 3 aliphatic rings. The Morgan fingerprint density at radius 1 is 1.19 bits per heavy atom. The third-order valence-electron chi connectivity index (χ3n) is 6.43. The van der Waals surface area contributed by atoms with Crippen LogP contribution in [0.25, 0.3) is 10.9 Å². The van der Waals surface area contributed by atoms with Crippen LogP contribution in [0.3, 0.4) is 0 Å². The average Bonchev–Trinajstić information content (AvgIpc) is 3.09. The Bertz CT molecular complexity index is 937. The Morgan fingerprint density at radius 3 is 2.81 bits per heavy atom. The number of aromatic nitrogens is 2. The molecule has 0 aliphatic carbocycles. The average molecular weight is 497 g/mol. The minimum atomic E-state index is -0.890. The van der Waals surface area contributed by atoms with E-state index in [-0.39, 0.29) is 29.7 Å². The van der Waals surface area contributed by atoms with Gasteiger partial charge in [0.1, 0.15) is 17.5 Å². The van der Waals surface area contributed by atoms with Gasteiger partial charge in [0.05, 0.1) is 23.3 Å². The molecule has 0 saturated carbocycles. The maximum atomic E-state index is 14.9. The summed E-state index contributed by atoms with van der Waals surface area (Å²) >= 11 is 3.26. The zero-order valence-electron chi connectivity index (χ0n) is 17.3. The van der Waals surface area contributed by atoms with Crippen LogP contribution in [-0.2, 0) is 4.74 Å². The van der Waals surface area contributed by atoms with Crippen LogP contribution in [-0.4, -0.2) is 61.1 Å².